The zero-order valence-electron chi connectivity index (χ0n) is 18.5. The molecule has 4 rings (SSSR count). The van der Waals surface area contributed by atoms with E-state index in [2.05, 4.69) is 23.7 Å². The molecule has 170 valence electrons. The summed E-state index contributed by atoms with van der Waals surface area (Å²) in [5, 5.41) is 8.95. The quantitative estimate of drug-likeness (QED) is 0.603. The highest BCUT2D eigenvalue weighted by atomic mass is 19.4. The van der Waals surface area contributed by atoms with Gasteiger partial charge in [-0.1, -0.05) is 18.2 Å². The first kappa shape index (κ1) is 22.8. The Morgan fingerprint density at radius 2 is 1.84 bits per heavy atom. The topological polar surface area (TPSA) is 49.2 Å². The molecule has 3 heterocycles. The largest absolute Gasteiger partial charge is 0.416 e. The Balaban J connectivity index is 1.43. The first-order valence-corrected chi connectivity index (χ1v) is 11.0. The Hall–Kier alpha value is -2.43. The molecule has 2 atom stereocenters. The van der Waals surface area contributed by atoms with Gasteiger partial charge in [0.25, 0.3) is 0 Å². The fraction of sp³-hybridized carbons (Fsp3) is 0.520. The monoisotopic (exact) mass is 443 g/mol. The SMILES string of the molecule is CC1(C)CC([C@]2(CCc3ccc(C#N)nc3)CCN(Cc3ccc(C(F)(F)F)cc3)C2)O1. The average molecular weight is 444 g/mol. The molecule has 2 aliphatic heterocycles. The van der Waals surface area contributed by atoms with Crippen LogP contribution in [0.4, 0.5) is 13.2 Å². The molecule has 0 spiro atoms. The molecule has 0 N–H and O–H groups in total. The van der Waals surface area contributed by atoms with Crippen molar-refractivity contribution in [3.05, 3.63) is 65.0 Å². The molecule has 2 saturated heterocycles. The molecule has 1 aromatic carbocycles. The number of hydrogen-bond donors (Lipinski definition) is 0. The Kier molecular flexibility index (Phi) is 6.04. The van der Waals surface area contributed by atoms with Gasteiger partial charge in [0, 0.05) is 31.1 Å². The van der Waals surface area contributed by atoms with E-state index in [1.807, 2.05) is 12.1 Å². The second-order valence-corrected chi connectivity index (χ2v) is 9.75. The Morgan fingerprint density at radius 1 is 1.16 bits per heavy atom. The van der Waals surface area contributed by atoms with E-state index >= 15 is 0 Å². The van der Waals surface area contributed by atoms with Gasteiger partial charge >= 0.3 is 6.18 Å². The van der Waals surface area contributed by atoms with Gasteiger partial charge in [0.15, 0.2) is 0 Å². The number of nitriles is 1. The summed E-state index contributed by atoms with van der Waals surface area (Å²) in [5.41, 5.74) is 1.70. The van der Waals surface area contributed by atoms with Crippen molar-refractivity contribution in [3.63, 3.8) is 0 Å². The highest BCUT2D eigenvalue weighted by molar-refractivity contribution is 5.25. The first-order valence-electron chi connectivity index (χ1n) is 11.0. The molecule has 2 fully saturated rings. The molecule has 0 radical (unpaired) electrons. The number of alkyl halides is 3. The standard InChI is InChI=1S/C25H28F3N3O/c1-23(2)13-22(32-23)24(10-9-18-5-8-21(14-29)30-15-18)11-12-31(17-24)16-19-3-6-20(7-4-19)25(26,27)28/h3-8,15,22H,9-13,16-17H2,1-2H3/t22?,24-/m1/s1. The third-order valence-corrected chi connectivity index (χ3v) is 6.82. The zero-order valence-corrected chi connectivity index (χ0v) is 18.5. The van der Waals surface area contributed by atoms with Gasteiger partial charge in [-0.15, -0.1) is 0 Å². The Morgan fingerprint density at radius 3 is 2.41 bits per heavy atom. The second-order valence-electron chi connectivity index (χ2n) is 9.75. The van der Waals surface area contributed by atoms with Crippen molar-refractivity contribution in [2.24, 2.45) is 5.41 Å². The van der Waals surface area contributed by atoms with E-state index in [1.54, 1.807) is 24.4 Å². The van der Waals surface area contributed by atoms with Crippen LogP contribution < -0.4 is 0 Å². The number of halogens is 3. The number of hydrogen-bond acceptors (Lipinski definition) is 4. The molecule has 2 aliphatic rings. The maximum atomic E-state index is 12.8. The predicted octanol–water partition coefficient (Wildman–Crippen LogP) is 5.36. The Labute approximate surface area is 187 Å². The van der Waals surface area contributed by atoms with Crippen molar-refractivity contribution in [1.29, 1.82) is 5.26 Å². The number of likely N-dealkylation sites (tertiary alicyclic amines) is 1. The number of rotatable bonds is 6. The van der Waals surface area contributed by atoms with Crippen LogP contribution in [-0.2, 0) is 23.9 Å². The lowest BCUT2D eigenvalue weighted by Crippen LogP contribution is -2.55. The van der Waals surface area contributed by atoms with Gasteiger partial charge in [0.1, 0.15) is 11.8 Å². The van der Waals surface area contributed by atoms with Crippen LogP contribution in [0.2, 0.25) is 0 Å². The van der Waals surface area contributed by atoms with Gasteiger partial charge < -0.3 is 4.74 Å². The van der Waals surface area contributed by atoms with E-state index in [4.69, 9.17) is 10.00 Å². The molecule has 0 amide bonds. The van der Waals surface area contributed by atoms with Crippen molar-refractivity contribution < 1.29 is 17.9 Å². The molecular formula is C25H28F3N3O. The van der Waals surface area contributed by atoms with Crippen LogP contribution in [0.25, 0.3) is 0 Å². The number of aryl methyl sites for hydroxylation is 1. The third kappa shape index (κ3) is 4.97. The Bertz CT molecular complexity index is 971. The smallest absolute Gasteiger partial charge is 0.372 e. The van der Waals surface area contributed by atoms with Crippen molar-refractivity contribution in [3.8, 4) is 6.07 Å². The maximum Gasteiger partial charge on any atom is 0.416 e. The van der Waals surface area contributed by atoms with E-state index in [9.17, 15) is 13.2 Å². The lowest BCUT2D eigenvalue weighted by atomic mass is 9.70. The summed E-state index contributed by atoms with van der Waals surface area (Å²) in [4.78, 5) is 6.51. The van der Waals surface area contributed by atoms with Gasteiger partial charge in [-0.05, 0) is 69.0 Å². The van der Waals surface area contributed by atoms with Gasteiger partial charge in [-0.25, -0.2) is 4.98 Å². The van der Waals surface area contributed by atoms with Gasteiger partial charge in [-0.2, -0.15) is 18.4 Å². The van der Waals surface area contributed by atoms with Gasteiger partial charge in [0.2, 0.25) is 0 Å². The van der Waals surface area contributed by atoms with Crippen LogP contribution in [-0.4, -0.2) is 34.7 Å². The summed E-state index contributed by atoms with van der Waals surface area (Å²) in [6.07, 6.45) is 1.45. The molecule has 1 unspecified atom stereocenters. The van der Waals surface area contributed by atoms with Crippen LogP contribution in [0.15, 0.2) is 42.6 Å². The molecule has 2 aromatic rings. The number of benzene rings is 1. The lowest BCUT2D eigenvalue weighted by Gasteiger charge is -2.52. The van der Waals surface area contributed by atoms with Crippen LogP contribution in [0.5, 0.6) is 0 Å². The van der Waals surface area contributed by atoms with Crippen LogP contribution in [0.1, 0.15) is 55.5 Å². The maximum absolute atomic E-state index is 12.8. The number of pyridine rings is 1. The molecule has 4 nitrogen and oxygen atoms in total. The molecular weight excluding hydrogens is 415 g/mol. The number of aromatic nitrogens is 1. The molecule has 32 heavy (non-hydrogen) atoms. The summed E-state index contributed by atoms with van der Waals surface area (Å²) in [7, 11) is 0. The average Bonchev–Trinajstić information content (AvgIpc) is 3.14. The minimum Gasteiger partial charge on any atom is -0.372 e. The summed E-state index contributed by atoms with van der Waals surface area (Å²) >= 11 is 0. The fourth-order valence-electron chi connectivity index (χ4n) is 5.00. The van der Waals surface area contributed by atoms with Crippen LogP contribution in [0.3, 0.4) is 0 Å². The lowest BCUT2D eigenvalue weighted by molar-refractivity contribution is -0.230. The van der Waals surface area contributed by atoms with E-state index < -0.39 is 11.7 Å². The van der Waals surface area contributed by atoms with Crippen molar-refractivity contribution in [2.75, 3.05) is 13.1 Å². The summed E-state index contributed by atoms with van der Waals surface area (Å²) in [5.74, 6) is 0. The molecule has 1 aromatic heterocycles. The van der Waals surface area contributed by atoms with E-state index in [0.717, 1.165) is 62.0 Å². The van der Waals surface area contributed by atoms with Crippen molar-refractivity contribution >= 4 is 0 Å². The molecule has 0 bridgehead atoms. The molecule has 0 saturated carbocycles. The highest BCUT2D eigenvalue weighted by Crippen LogP contribution is 2.49. The van der Waals surface area contributed by atoms with Gasteiger partial charge in [0.05, 0.1) is 17.3 Å². The normalized spacial score (nSPS) is 25.3. The summed E-state index contributed by atoms with van der Waals surface area (Å²) in [6, 6.07) is 11.2. The predicted molar refractivity (Wildman–Crippen MR) is 115 cm³/mol. The zero-order chi connectivity index (χ0) is 23.0. The highest BCUT2D eigenvalue weighted by Gasteiger charge is 2.52. The fourth-order valence-corrected chi connectivity index (χ4v) is 5.00. The minimum absolute atomic E-state index is 0.00926. The van der Waals surface area contributed by atoms with E-state index in [-0.39, 0.29) is 17.1 Å². The first-order chi connectivity index (χ1) is 15.1. The second kappa shape index (κ2) is 8.49. The summed E-state index contributed by atoms with van der Waals surface area (Å²) < 4.78 is 44.8. The van der Waals surface area contributed by atoms with E-state index in [0.29, 0.717) is 12.2 Å². The van der Waals surface area contributed by atoms with Crippen molar-refractivity contribution in [2.45, 2.75) is 64.0 Å². The number of ether oxygens (including phenoxy) is 1. The third-order valence-electron chi connectivity index (χ3n) is 6.82. The van der Waals surface area contributed by atoms with Crippen LogP contribution >= 0.6 is 0 Å². The molecule has 0 aliphatic carbocycles. The van der Waals surface area contributed by atoms with E-state index in [1.165, 1.54) is 0 Å². The van der Waals surface area contributed by atoms with Gasteiger partial charge in [-0.3, -0.25) is 4.90 Å². The number of nitrogens with zero attached hydrogens (tertiary/aromatic N) is 3. The summed E-state index contributed by atoms with van der Waals surface area (Å²) in [6.45, 7) is 6.60. The molecule has 7 heteroatoms. The van der Waals surface area contributed by atoms with Crippen molar-refractivity contribution in [1.82, 2.24) is 9.88 Å². The minimum atomic E-state index is -4.31. The van der Waals surface area contributed by atoms with Crippen LogP contribution in [0, 0.1) is 16.7 Å².